The summed E-state index contributed by atoms with van der Waals surface area (Å²) >= 11 is 0. The van der Waals surface area contributed by atoms with E-state index in [4.69, 9.17) is 9.72 Å². The van der Waals surface area contributed by atoms with Crippen LogP contribution in [0.15, 0.2) is 48.9 Å². The Morgan fingerprint density at radius 1 is 1.30 bits per heavy atom. The molecule has 1 fully saturated rings. The van der Waals surface area contributed by atoms with Crippen molar-refractivity contribution in [2.45, 2.75) is 38.3 Å². The fourth-order valence-electron chi connectivity index (χ4n) is 3.94. The Bertz CT molecular complexity index is 991. The van der Waals surface area contributed by atoms with Crippen molar-refractivity contribution in [1.82, 2.24) is 20.3 Å². The van der Waals surface area contributed by atoms with Crippen molar-refractivity contribution >= 4 is 16.9 Å². The fraction of sp³-hybridized carbons (Fsp3) is 0.333. The number of para-hydroxylation sites is 1. The normalized spacial score (nSPS) is 18.9. The lowest BCUT2D eigenvalue weighted by Gasteiger charge is -2.38. The highest BCUT2D eigenvalue weighted by Crippen LogP contribution is 2.33. The number of fused-ring (bicyclic) bond motifs is 1. The first-order valence-electron chi connectivity index (χ1n) is 9.15. The van der Waals surface area contributed by atoms with E-state index in [0.717, 1.165) is 46.4 Å². The highest BCUT2D eigenvalue weighted by molar-refractivity contribution is 5.97. The zero-order chi connectivity index (χ0) is 19.0. The molecule has 0 bridgehead atoms. The van der Waals surface area contributed by atoms with E-state index in [1.165, 1.54) is 0 Å². The summed E-state index contributed by atoms with van der Waals surface area (Å²) in [6.45, 7) is 8.47. The number of ether oxygens (including phenoxy) is 1. The van der Waals surface area contributed by atoms with E-state index >= 15 is 0 Å². The minimum atomic E-state index is 0.0119. The summed E-state index contributed by atoms with van der Waals surface area (Å²) in [4.78, 5) is 12.5. The number of hydrogen-bond donors (Lipinski definition) is 3. The Kier molecular flexibility index (Phi) is 4.26. The highest BCUT2D eigenvalue weighted by atomic mass is 16.5. The second-order valence-electron chi connectivity index (χ2n) is 7.71. The van der Waals surface area contributed by atoms with Crippen molar-refractivity contribution in [3.8, 4) is 17.0 Å². The minimum absolute atomic E-state index is 0.0119. The molecule has 6 heteroatoms. The molecule has 4 rings (SSSR count). The molecule has 2 aromatic heterocycles. The molecule has 1 saturated heterocycles. The van der Waals surface area contributed by atoms with Crippen LogP contribution in [0.25, 0.3) is 22.2 Å². The summed E-state index contributed by atoms with van der Waals surface area (Å²) in [6, 6.07) is 8.19. The summed E-state index contributed by atoms with van der Waals surface area (Å²) in [7, 11) is 1.68. The first-order chi connectivity index (χ1) is 12.9. The number of nitrogens with zero attached hydrogens (tertiary/aromatic N) is 2. The second-order valence-corrected chi connectivity index (χ2v) is 7.71. The predicted octanol–water partition coefficient (Wildman–Crippen LogP) is 4.09. The van der Waals surface area contributed by atoms with Crippen LogP contribution in [0.4, 0.5) is 5.95 Å². The molecular weight excluding hydrogens is 338 g/mol. The van der Waals surface area contributed by atoms with Gasteiger partial charge in [-0.2, -0.15) is 0 Å². The SMILES string of the molecule is C=C1CC(Nc2nccc(-c3c[nH]c4c(OC)cccc34)n2)CC(C)(C)N1. The van der Waals surface area contributed by atoms with Gasteiger partial charge in [0.1, 0.15) is 5.75 Å². The molecule has 0 spiro atoms. The van der Waals surface area contributed by atoms with E-state index < -0.39 is 0 Å². The monoisotopic (exact) mass is 363 g/mol. The van der Waals surface area contributed by atoms with Gasteiger partial charge in [-0.25, -0.2) is 9.97 Å². The van der Waals surface area contributed by atoms with Gasteiger partial charge in [0.05, 0.1) is 18.3 Å². The standard InChI is InChI=1S/C21H25N5O/c1-13-10-14(11-21(2,3)26-13)24-20-22-9-8-17(25-20)16-12-23-19-15(16)6-5-7-18(19)27-4/h5-9,12,14,23,26H,1,10-11H2,2-4H3,(H,22,24,25). The molecule has 1 aliphatic heterocycles. The van der Waals surface area contributed by atoms with Gasteiger partial charge in [0.25, 0.3) is 0 Å². The lowest BCUT2D eigenvalue weighted by molar-refractivity contribution is 0.324. The third-order valence-corrected chi connectivity index (χ3v) is 4.93. The van der Waals surface area contributed by atoms with Crippen LogP contribution in [-0.2, 0) is 0 Å². The molecule has 0 saturated carbocycles. The van der Waals surface area contributed by atoms with E-state index in [1.54, 1.807) is 13.3 Å². The lowest BCUT2D eigenvalue weighted by atomic mass is 9.88. The second kappa shape index (κ2) is 6.61. The number of rotatable bonds is 4. The number of methoxy groups -OCH3 is 1. The Morgan fingerprint density at radius 2 is 2.15 bits per heavy atom. The topological polar surface area (TPSA) is 74.9 Å². The number of hydrogen-bond acceptors (Lipinski definition) is 5. The van der Waals surface area contributed by atoms with Crippen LogP contribution in [-0.4, -0.2) is 33.6 Å². The third kappa shape index (κ3) is 3.47. The molecule has 3 aromatic rings. The molecule has 27 heavy (non-hydrogen) atoms. The molecule has 1 aliphatic rings. The van der Waals surface area contributed by atoms with Gasteiger partial charge in [-0.15, -0.1) is 0 Å². The van der Waals surface area contributed by atoms with Gasteiger partial charge in [0.2, 0.25) is 5.95 Å². The summed E-state index contributed by atoms with van der Waals surface area (Å²) < 4.78 is 5.44. The van der Waals surface area contributed by atoms with Crippen LogP contribution in [0, 0.1) is 0 Å². The van der Waals surface area contributed by atoms with Crippen molar-refractivity contribution in [3.05, 3.63) is 48.9 Å². The van der Waals surface area contributed by atoms with Crippen LogP contribution in [0.1, 0.15) is 26.7 Å². The molecule has 0 radical (unpaired) electrons. The van der Waals surface area contributed by atoms with Gasteiger partial charge in [0.15, 0.2) is 0 Å². The average molecular weight is 363 g/mol. The lowest BCUT2D eigenvalue weighted by Crippen LogP contribution is -2.48. The van der Waals surface area contributed by atoms with Crippen molar-refractivity contribution in [2.75, 3.05) is 12.4 Å². The Hall–Kier alpha value is -3.02. The van der Waals surface area contributed by atoms with Crippen LogP contribution in [0.3, 0.4) is 0 Å². The average Bonchev–Trinajstić information content (AvgIpc) is 3.04. The van der Waals surface area contributed by atoms with E-state index in [1.807, 2.05) is 24.4 Å². The van der Waals surface area contributed by atoms with Crippen LogP contribution >= 0.6 is 0 Å². The molecule has 3 N–H and O–H groups in total. The third-order valence-electron chi connectivity index (χ3n) is 4.93. The van der Waals surface area contributed by atoms with E-state index in [-0.39, 0.29) is 11.6 Å². The van der Waals surface area contributed by atoms with Gasteiger partial charge in [0, 0.05) is 47.0 Å². The number of aromatic amines is 1. The maximum Gasteiger partial charge on any atom is 0.223 e. The quantitative estimate of drug-likeness (QED) is 0.651. The van der Waals surface area contributed by atoms with Gasteiger partial charge in [-0.3, -0.25) is 0 Å². The molecule has 1 aromatic carbocycles. The number of anilines is 1. The fourth-order valence-corrected chi connectivity index (χ4v) is 3.94. The van der Waals surface area contributed by atoms with Gasteiger partial charge >= 0.3 is 0 Å². The van der Waals surface area contributed by atoms with Gasteiger partial charge < -0.3 is 20.4 Å². The zero-order valence-corrected chi connectivity index (χ0v) is 16.0. The Morgan fingerprint density at radius 3 is 2.93 bits per heavy atom. The molecule has 0 amide bonds. The number of aromatic nitrogens is 3. The first kappa shape index (κ1) is 17.4. The number of H-pyrrole nitrogens is 1. The van der Waals surface area contributed by atoms with Crippen molar-refractivity contribution in [1.29, 1.82) is 0 Å². The molecule has 0 aliphatic carbocycles. The van der Waals surface area contributed by atoms with E-state index in [2.05, 4.69) is 47.1 Å². The summed E-state index contributed by atoms with van der Waals surface area (Å²) in [5.74, 6) is 1.46. The van der Waals surface area contributed by atoms with Crippen molar-refractivity contribution < 1.29 is 4.74 Å². The van der Waals surface area contributed by atoms with Crippen molar-refractivity contribution in [3.63, 3.8) is 0 Å². The Labute approximate surface area is 159 Å². The van der Waals surface area contributed by atoms with Crippen LogP contribution < -0.4 is 15.4 Å². The van der Waals surface area contributed by atoms with E-state index in [0.29, 0.717) is 5.95 Å². The molecule has 1 atom stereocenters. The van der Waals surface area contributed by atoms with Gasteiger partial charge in [-0.05, 0) is 32.4 Å². The molecule has 3 heterocycles. The van der Waals surface area contributed by atoms with Gasteiger partial charge in [-0.1, -0.05) is 18.7 Å². The Balaban J connectivity index is 1.63. The summed E-state index contributed by atoms with van der Waals surface area (Å²) in [5, 5.41) is 8.01. The molecule has 6 nitrogen and oxygen atoms in total. The molecular formula is C21H25N5O. The smallest absolute Gasteiger partial charge is 0.223 e. The zero-order valence-electron chi connectivity index (χ0n) is 16.0. The van der Waals surface area contributed by atoms with Crippen molar-refractivity contribution in [2.24, 2.45) is 0 Å². The number of benzene rings is 1. The minimum Gasteiger partial charge on any atom is -0.495 e. The number of nitrogens with one attached hydrogen (secondary N) is 3. The molecule has 1 unspecified atom stereocenters. The summed E-state index contributed by atoms with van der Waals surface area (Å²) in [5.41, 5.74) is 3.93. The van der Waals surface area contributed by atoms with Crippen LogP contribution in [0.5, 0.6) is 5.75 Å². The summed E-state index contributed by atoms with van der Waals surface area (Å²) in [6.07, 6.45) is 5.60. The molecule has 140 valence electrons. The van der Waals surface area contributed by atoms with E-state index in [9.17, 15) is 0 Å². The maximum absolute atomic E-state index is 5.44. The maximum atomic E-state index is 5.44. The highest BCUT2D eigenvalue weighted by Gasteiger charge is 2.29. The number of piperidine rings is 1. The predicted molar refractivity (Wildman–Crippen MR) is 109 cm³/mol. The van der Waals surface area contributed by atoms with Crippen LogP contribution in [0.2, 0.25) is 0 Å². The largest absolute Gasteiger partial charge is 0.495 e. The first-order valence-corrected chi connectivity index (χ1v) is 9.15.